The fraction of sp³-hybridized carbons (Fsp3) is 0.929. The van der Waals surface area contributed by atoms with Crippen LogP contribution in [0.15, 0.2) is 12.2 Å². The van der Waals surface area contributed by atoms with Crippen LogP contribution in [0, 0.1) is 0 Å². The molecule has 5 heteroatoms. The molecule has 0 bridgehead atoms. The van der Waals surface area contributed by atoms with E-state index in [2.05, 4.69) is 31.3 Å². The molecule has 3 atom stereocenters. The second kappa shape index (κ2) is 37.9. The maximum atomic E-state index is 12.4. The van der Waals surface area contributed by atoms with Crippen molar-refractivity contribution in [2.45, 2.75) is 244 Å². The molecule has 0 saturated carbocycles. The smallest absolute Gasteiger partial charge is 0.220 e. The summed E-state index contributed by atoms with van der Waals surface area (Å²) < 4.78 is 0. The molecule has 3 unspecified atom stereocenters. The van der Waals surface area contributed by atoms with Gasteiger partial charge in [-0.15, -0.1) is 0 Å². The lowest BCUT2D eigenvalue weighted by molar-refractivity contribution is -0.124. The van der Waals surface area contributed by atoms with Crippen LogP contribution in [0.3, 0.4) is 0 Å². The molecule has 0 aromatic carbocycles. The van der Waals surface area contributed by atoms with Crippen LogP contribution in [0.5, 0.6) is 0 Å². The highest BCUT2D eigenvalue weighted by atomic mass is 16.3. The van der Waals surface area contributed by atoms with Gasteiger partial charge in [-0.3, -0.25) is 4.79 Å². The number of amides is 1. The van der Waals surface area contributed by atoms with Crippen LogP contribution in [0.4, 0.5) is 0 Å². The van der Waals surface area contributed by atoms with E-state index in [-0.39, 0.29) is 12.5 Å². The third kappa shape index (κ3) is 33.4. The quantitative estimate of drug-likeness (QED) is 0.0390. The van der Waals surface area contributed by atoms with E-state index in [0.29, 0.717) is 12.8 Å². The molecule has 0 aromatic rings. The predicted octanol–water partition coefficient (Wildman–Crippen LogP) is 11.7. The lowest BCUT2D eigenvalue weighted by Gasteiger charge is -2.26. The summed E-state index contributed by atoms with van der Waals surface area (Å²) in [5.74, 6) is -0.152. The van der Waals surface area contributed by atoms with Crippen molar-refractivity contribution in [3.8, 4) is 0 Å². The summed E-state index contributed by atoms with van der Waals surface area (Å²) in [5.41, 5.74) is 0. The molecule has 0 saturated heterocycles. The zero-order valence-corrected chi connectivity index (χ0v) is 31.7. The van der Waals surface area contributed by atoms with Crippen LogP contribution in [0.25, 0.3) is 0 Å². The molecule has 0 rings (SSSR count). The molecule has 1 amide bonds. The Balaban J connectivity index is 3.55. The van der Waals surface area contributed by atoms with Gasteiger partial charge in [0.1, 0.15) is 6.10 Å². The second-order valence-corrected chi connectivity index (χ2v) is 14.5. The SMILES string of the molecule is CCCCCCC/C=C/CCCC(O)C(O)C(CO)NC(=O)CCCCCCCCCCCCCCCCCCCCCCCCC. The van der Waals surface area contributed by atoms with Crippen molar-refractivity contribution in [3.63, 3.8) is 0 Å². The van der Waals surface area contributed by atoms with Crippen LogP contribution < -0.4 is 5.32 Å². The van der Waals surface area contributed by atoms with E-state index in [1.807, 2.05) is 0 Å². The van der Waals surface area contributed by atoms with E-state index in [0.717, 1.165) is 38.5 Å². The van der Waals surface area contributed by atoms with Crippen molar-refractivity contribution in [2.24, 2.45) is 0 Å². The minimum Gasteiger partial charge on any atom is -0.394 e. The van der Waals surface area contributed by atoms with E-state index in [9.17, 15) is 20.1 Å². The minimum absolute atomic E-state index is 0.152. The summed E-state index contributed by atoms with van der Waals surface area (Å²) >= 11 is 0. The Morgan fingerprint density at radius 1 is 0.511 bits per heavy atom. The molecular weight excluding hydrogens is 582 g/mol. The first-order valence-electron chi connectivity index (χ1n) is 21.0. The molecule has 0 radical (unpaired) electrons. The Hall–Kier alpha value is -0.910. The van der Waals surface area contributed by atoms with Crippen molar-refractivity contribution in [1.82, 2.24) is 5.32 Å². The van der Waals surface area contributed by atoms with Gasteiger partial charge in [-0.05, 0) is 38.5 Å². The van der Waals surface area contributed by atoms with Gasteiger partial charge in [0.05, 0.1) is 18.8 Å². The number of carbonyl (C=O) groups is 1. The first kappa shape index (κ1) is 46.1. The first-order chi connectivity index (χ1) is 23.1. The molecule has 0 aliphatic heterocycles. The zero-order valence-electron chi connectivity index (χ0n) is 31.7. The highest BCUT2D eigenvalue weighted by molar-refractivity contribution is 5.76. The largest absolute Gasteiger partial charge is 0.394 e. The van der Waals surface area contributed by atoms with Crippen molar-refractivity contribution in [3.05, 3.63) is 12.2 Å². The third-order valence-electron chi connectivity index (χ3n) is 9.87. The number of aliphatic hydroxyl groups excluding tert-OH is 3. The molecule has 0 aliphatic carbocycles. The monoisotopic (exact) mass is 666 g/mol. The number of rotatable bonds is 38. The maximum absolute atomic E-state index is 12.4. The van der Waals surface area contributed by atoms with Crippen molar-refractivity contribution >= 4 is 5.91 Å². The van der Waals surface area contributed by atoms with Crippen LogP contribution in [0.1, 0.15) is 226 Å². The van der Waals surface area contributed by atoms with Gasteiger partial charge in [0.15, 0.2) is 0 Å². The lowest BCUT2D eigenvalue weighted by Crippen LogP contribution is -2.50. The first-order valence-corrected chi connectivity index (χ1v) is 21.0. The number of aliphatic hydroxyl groups is 3. The Labute approximate surface area is 293 Å². The molecule has 0 fully saturated rings. The summed E-state index contributed by atoms with van der Waals surface area (Å²) in [7, 11) is 0. The number of nitrogens with one attached hydrogen (secondary N) is 1. The summed E-state index contributed by atoms with van der Waals surface area (Å²) in [6, 6.07) is -0.819. The number of unbranched alkanes of at least 4 members (excludes halogenated alkanes) is 28. The molecule has 0 aromatic heterocycles. The molecule has 4 N–H and O–H groups in total. The van der Waals surface area contributed by atoms with Crippen LogP contribution in [0.2, 0.25) is 0 Å². The Kier molecular flexibility index (Phi) is 37.2. The molecule has 0 heterocycles. The number of hydrogen-bond acceptors (Lipinski definition) is 4. The molecule has 0 aliphatic rings. The highest BCUT2D eigenvalue weighted by Crippen LogP contribution is 2.16. The highest BCUT2D eigenvalue weighted by Gasteiger charge is 2.26. The van der Waals surface area contributed by atoms with E-state index in [1.165, 1.54) is 161 Å². The van der Waals surface area contributed by atoms with Gasteiger partial charge in [-0.2, -0.15) is 0 Å². The molecular formula is C42H83NO4. The number of carbonyl (C=O) groups excluding carboxylic acids is 1. The predicted molar refractivity (Wildman–Crippen MR) is 204 cm³/mol. The fourth-order valence-electron chi connectivity index (χ4n) is 6.57. The van der Waals surface area contributed by atoms with Gasteiger partial charge in [-0.1, -0.05) is 193 Å². The van der Waals surface area contributed by atoms with Crippen LogP contribution in [-0.4, -0.2) is 46.1 Å². The Morgan fingerprint density at radius 3 is 1.23 bits per heavy atom. The minimum atomic E-state index is -1.15. The van der Waals surface area contributed by atoms with Crippen LogP contribution >= 0.6 is 0 Å². The Morgan fingerprint density at radius 2 is 0.851 bits per heavy atom. The summed E-state index contributed by atoms with van der Waals surface area (Å²) in [6.45, 7) is 4.14. The van der Waals surface area contributed by atoms with Gasteiger partial charge in [0, 0.05) is 6.42 Å². The van der Waals surface area contributed by atoms with Gasteiger partial charge in [-0.25, -0.2) is 0 Å². The van der Waals surface area contributed by atoms with E-state index < -0.39 is 18.2 Å². The van der Waals surface area contributed by atoms with Crippen molar-refractivity contribution in [2.75, 3.05) is 6.61 Å². The number of hydrogen-bond donors (Lipinski definition) is 4. The zero-order chi connectivity index (χ0) is 34.5. The normalized spacial score (nSPS) is 13.7. The van der Waals surface area contributed by atoms with Gasteiger partial charge < -0.3 is 20.6 Å². The summed E-state index contributed by atoms with van der Waals surface area (Å²) in [4.78, 5) is 12.4. The Bertz CT molecular complexity index is 655. The van der Waals surface area contributed by atoms with Gasteiger partial charge in [0.25, 0.3) is 0 Å². The maximum Gasteiger partial charge on any atom is 0.220 e. The van der Waals surface area contributed by atoms with E-state index >= 15 is 0 Å². The van der Waals surface area contributed by atoms with Gasteiger partial charge in [0.2, 0.25) is 5.91 Å². The third-order valence-corrected chi connectivity index (χ3v) is 9.87. The molecule has 0 spiro atoms. The van der Waals surface area contributed by atoms with Crippen LogP contribution in [-0.2, 0) is 4.79 Å². The molecule has 47 heavy (non-hydrogen) atoms. The summed E-state index contributed by atoms with van der Waals surface area (Å²) in [5, 5.41) is 33.3. The van der Waals surface area contributed by atoms with Gasteiger partial charge >= 0.3 is 0 Å². The topological polar surface area (TPSA) is 89.8 Å². The lowest BCUT2D eigenvalue weighted by atomic mass is 10.0. The standard InChI is InChI=1S/C42H83NO4/c1-3-5-7-9-11-13-15-16-17-18-19-20-21-22-23-24-25-26-27-29-31-33-35-37-41(46)43-39(38-44)42(47)40(45)36-34-32-30-28-14-12-10-8-6-4-2/h28,30,39-40,42,44-45,47H,3-27,29,31-38H2,1-2H3,(H,43,46)/b30-28+. The molecule has 280 valence electrons. The molecule has 5 nitrogen and oxygen atoms in total. The average Bonchev–Trinajstić information content (AvgIpc) is 3.07. The van der Waals surface area contributed by atoms with E-state index in [1.54, 1.807) is 0 Å². The second-order valence-electron chi connectivity index (χ2n) is 14.5. The number of allylic oxidation sites excluding steroid dienone is 2. The fourth-order valence-corrected chi connectivity index (χ4v) is 6.57. The average molecular weight is 666 g/mol. The summed E-state index contributed by atoms with van der Waals surface area (Å²) in [6.07, 6.45) is 43.3. The van der Waals surface area contributed by atoms with E-state index in [4.69, 9.17) is 0 Å². The van der Waals surface area contributed by atoms with Crippen molar-refractivity contribution in [1.29, 1.82) is 0 Å². The van der Waals surface area contributed by atoms with Crippen molar-refractivity contribution < 1.29 is 20.1 Å².